The lowest BCUT2D eigenvalue weighted by Crippen LogP contribution is -2.29. The molecule has 1 unspecified atom stereocenters. The van der Waals surface area contributed by atoms with Crippen molar-refractivity contribution in [3.05, 3.63) is 41.7 Å². The number of rotatable bonds is 9. The Morgan fingerprint density at radius 1 is 1.31 bits per heavy atom. The van der Waals surface area contributed by atoms with Gasteiger partial charge in [0.2, 0.25) is 11.8 Å². The van der Waals surface area contributed by atoms with E-state index in [4.69, 9.17) is 5.73 Å². The van der Waals surface area contributed by atoms with Gasteiger partial charge in [-0.3, -0.25) is 14.2 Å². The molecule has 138 valence electrons. The lowest BCUT2D eigenvalue weighted by atomic mass is 10.0. The van der Waals surface area contributed by atoms with E-state index in [-0.39, 0.29) is 24.1 Å². The maximum Gasteiger partial charge on any atom is 0.237 e. The van der Waals surface area contributed by atoms with E-state index in [0.29, 0.717) is 17.6 Å². The molecule has 1 aromatic carbocycles. The van der Waals surface area contributed by atoms with Gasteiger partial charge in [0.25, 0.3) is 0 Å². The maximum absolute atomic E-state index is 12.2. The average Bonchev–Trinajstić information content (AvgIpc) is 3.40. The molecule has 1 aromatic heterocycles. The number of benzene rings is 1. The summed E-state index contributed by atoms with van der Waals surface area (Å²) in [6.07, 6.45) is 2.11. The van der Waals surface area contributed by atoms with Crippen LogP contribution in [0.2, 0.25) is 0 Å². The molecule has 0 aliphatic heterocycles. The molecule has 8 heteroatoms. The zero-order valence-corrected chi connectivity index (χ0v) is 15.5. The van der Waals surface area contributed by atoms with Crippen LogP contribution >= 0.6 is 11.8 Å². The molecule has 7 nitrogen and oxygen atoms in total. The fraction of sp³-hybridized carbons (Fsp3) is 0.444. The number of aromatic nitrogens is 3. The first-order valence-electron chi connectivity index (χ1n) is 8.70. The van der Waals surface area contributed by atoms with Gasteiger partial charge in [-0.25, -0.2) is 0 Å². The fourth-order valence-electron chi connectivity index (χ4n) is 2.70. The molecule has 0 bridgehead atoms. The van der Waals surface area contributed by atoms with E-state index in [1.54, 1.807) is 4.57 Å². The normalized spacial score (nSPS) is 14.8. The second kappa shape index (κ2) is 8.35. The number of nitrogens with one attached hydrogen (secondary N) is 1. The summed E-state index contributed by atoms with van der Waals surface area (Å²) < 4.78 is 1.74. The number of primary amides is 1. The van der Waals surface area contributed by atoms with Crippen molar-refractivity contribution in [2.75, 3.05) is 12.3 Å². The van der Waals surface area contributed by atoms with Crippen molar-refractivity contribution < 1.29 is 9.59 Å². The van der Waals surface area contributed by atoms with Gasteiger partial charge in [-0.05, 0) is 24.3 Å². The molecule has 3 N–H and O–H groups in total. The van der Waals surface area contributed by atoms with Gasteiger partial charge in [0.15, 0.2) is 5.16 Å². The van der Waals surface area contributed by atoms with E-state index in [9.17, 15) is 9.59 Å². The first-order chi connectivity index (χ1) is 12.5. The average molecular weight is 373 g/mol. The van der Waals surface area contributed by atoms with Gasteiger partial charge in [-0.15, -0.1) is 10.2 Å². The summed E-state index contributed by atoms with van der Waals surface area (Å²) in [5, 5.41) is 11.8. The minimum atomic E-state index is -0.435. The van der Waals surface area contributed by atoms with Gasteiger partial charge in [-0.1, -0.05) is 49.0 Å². The molecule has 1 aliphatic carbocycles. The quantitative estimate of drug-likeness (QED) is 0.651. The second-order valence-electron chi connectivity index (χ2n) is 6.57. The van der Waals surface area contributed by atoms with Crippen molar-refractivity contribution in [1.29, 1.82) is 0 Å². The van der Waals surface area contributed by atoms with Crippen molar-refractivity contribution in [1.82, 2.24) is 20.1 Å². The highest BCUT2D eigenvalue weighted by Gasteiger charge is 2.31. The van der Waals surface area contributed by atoms with Crippen LogP contribution in [0.1, 0.15) is 43.0 Å². The highest BCUT2D eigenvalue weighted by atomic mass is 32.2. The molecule has 0 spiro atoms. The number of carbonyl (C=O) groups is 2. The highest BCUT2D eigenvalue weighted by Crippen LogP contribution is 2.39. The molecule has 1 atom stereocenters. The first kappa shape index (κ1) is 18.4. The molecule has 0 saturated heterocycles. The summed E-state index contributed by atoms with van der Waals surface area (Å²) in [6.45, 7) is 2.70. The van der Waals surface area contributed by atoms with Crippen LogP contribution in [0.3, 0.4) is 0 Å². The van der Waals surface area contributed by atoms with Crippen LogP contribution in [0.4, 0.5) is 0 Å². The topological polar surface area (TPSA) is 103 Å². The summed E-state index contributed by atoms with van der Waals surface area (Å²) in [7, 11) is 0. The minimum absolute atomic E-state index is 0.0494. The SMILES string of the molecule is CC(CNC(=O)CSc1nnc(C2CC2)n1CC(N)=O)c1ccccc1. The van der Waals surface area contributed by atoms with Gasteiger partial charge >= 0.3 is 0 Å². The molecule has 2 aromatic rings. The van der Waals surface area contributed by atoms with Gasteiger partial charge in [0.05, 0.1) is 5.75 Å². The van der Waals surface area contributed by atoms with E-state index in [1.165, 1.54) is 17.3 Å². The summed E-state index contributed by atoms with van der Waals surface area (Å²) in [5.74, 6) is 1.11. The molecule has 2 amide bonds. The van der Waals surface area contributed by atoms with E-state index in [1.807, 2.05) is 18.2 Å². The largest absolute Gasteiger partial charge is 0.368 e. The van der Waals surface area contributed by atoms with Crippen LogP contribution in [0, 0.1) is 0 Å². The van der Waals surface area contributed by atoms with E-state index in [0.717, 1.165) is 18.7 Å². The predicted molar refractivity (Wildman–Crippen MR) is 99.8 cm³/mol. The minimum Gasteiger partial charge on any atom is -0.368 e. The number of nitrogens with two attached hydrogens (primary N) is 1. The van der Waals surface area contributed by atoms with Crippen LogP contribution < -0.4 is 11.1 Å². The van der Waals surface area contributed by atoms with Crippen LogP contribution in [0.25, 0.3) is 0 Å². The second-order valence-corrected chi connectivity index (χ2v) is 7.51. The maximum atomic E-state index is 12.2. The summed E-state index contributed by atoms with van der Waals surface area (Å²) >= 11 is 1.28. The standard InChI is InChI=1S/C18H23N5O2S/c1-12(13-5-3-2-4-6-13)9-20-16(25)11-26-18-22-21-17(14-7-8-14)23(18)10-15(19)24/h2-6,12,14H,7-11H2,1H3,(H2,19,24)(H,20,25). The molecular formula is C18H23N5O2S. The Labute approximate surface area is 156 Å². The van der Waals surface area contributed by atoms with Gasteiger partial charge in [0, 0.05) is 12.5 Å². The molecule has 1 heterocycles. The molecular weight excluding hydrogens is 350 g/mol. The lowest BCUT2D eigenvalue weighted by Gasteiger charge is -2.13. The monoisotopic (exact) mass is 373 g/mol. The third-order valence-corrected chi connectivity index (χ3v) is 5.28. The van der Waals surface area contributed by atoms with Crippen LogP contribution in [0.5, 0.6) is 0 Å². The zero-order valence-electron chi connectivity index (χ0n) is 14.7. The zero-order chi connectivity index (χ0) is 18.5. The Morgan fingerprint density at radius 2 is 2.04 bits per heavy atom. The van der Waals surface area contributed by atoms with Crippen molar-refractivity contribution in [2.24, 2.45) is 5.73 Å². The van der Waals surface area contributed by atoms with Crippen LogP contribution in [0.15, 0.2) is 35.5 Å². The van der Waals surface area contributed by atoms with Gasteiger partial charge in [-0.2, -0.15) is 0 Å². The van der Waals surface area contributed by atoms with Crippen molar-refractivity contribution in [3.63, 3.8) is 0 Å². The third kappa shape index (κ3) is 4.85. The van der Waals surface area contributed by atoms with Crippen molar-refractivity contribution in [2.45, 2.75) is 43.3 Å². The molecule has 0 radical (unpaired) electrons. The van der Waals surface area contributed by atoms with E-state index >= 15 is 0 Å². The van der Waals surface area contributed by atoms with E-state index < -0.39 is 5.91 Å². The molecule has 26 heavy (non-hydrogen) atoms. The molecule has 1 saturated carbocycles. The Hall–Kier alpha value is -2.35. The van der Waals surface area contributed by atoms with Crippen LogP contribution in [-0.4, -0.2) is 38.9 Å². The number of hydrogen-bond acceptors (Lipinski definition) is 5. The lowest BCUT2D eigenvalue weighted by molar-refractivity contribution is -0.119. The molecule has 1 aliphatic rings. The van der Waals surface area contributed by atoms with Crippen LogP contribution in [-0.2, 0) is 16.1 Å². The highest BCUT2D eigenvalue weighted by molar-refractivity contribution is 7.99. The molecule has 1 fully saturated rings. The Kier molecular flexibility index (Phi) is 5.92. The smallest absolute Gasteiger partial charge is 0.237 e. The van der Waals surface area contributed by atoms with Gasteiger partial charge < -0.3 is 11.1 Å². The Morgan fingerprint density at radius 3 is 2.69 bits per heavy atom. The summed E-state index contributed by atoms with van der Waals surface area (Å²) in [4.78, 5) is 23.5. The molecule has 3 rings (SSSR count). The third-order valence-electron chi connectivity index (χ3n) is 4.31. The summed E-state index contributed by atoms with van der Waals surface area (Å²) in [6, 6.07) is 10.1. The Balaban J connectivity index is 1.52. The first-order valence-corrected chi connectivity index (χ1v) is 9.69. The van der Waals surface area contributed by atoms with Crippen molar-refractivity contribution >= 4 is 23.6 Å². The fourth-order valence-corrected chi connectivity index (χ4v) is 3.48. The Bertz CT molecular complexity index is 773. The number of thioether (sulfide) groups is 1. The van der Waals surface area contributed by atoms with E-state index in [2.05, 4.69) is 34.6 Å². The number of carbonyl (C=O) groups excluding carboxylic acids is 2. The number of hydrogen-bond donors (Lipinski definition) is 2. The van der Waals surface area contributed by atoms with Crippen molar-refractivity contribution in [3.8, 4) is 0 Å². The summed E-state index contributed by atoms with van der Waals surface area (Å²) in [5.41, 5.74) is 6.52. The number of nitrogens with zero attached hydrogens (tertiary/aromatic N) is 3. The predicted octanol–water partition coefficient (Wildman–Crippen LogP) is 1.65. The van der Waals surface area contributed by atoms with Gasteiger partial charge in [0.1, 0.15) is 12.4 Å². The number of amides is 2.